The third kappa shape index (κ3) is 2.29. The highest BCUT2D eigenvalue weighted by molar-refractivity contribution is 5.96. The molecule has 1 N–H and O–H groups in total. The van der Waals surface area contributed by atoms with Crippen LogP contribution in [0.4, 0.5) is 14.5 Å². The first-order valence-electron chi connectivity index (χ1n) is 5.44. The van der Waals surface area contributed by atoms with Crippen LogP contribution in [0.1, 0.15) is 24.8 Å². The second-order valence-corrected chi connectivity index (χ2v) is 4.03. The van der Waals surface area contributed by atoms with Crippen molar-refractivity contribution in [2.45, 2.75) is 25.3 Å². The topological polar surface area (TPSA) is 40.5 Å². The maximum absolute atomic E-state index is 12.4. The molecular weight excluding hydrogens is 228 g/mol. The molecule has 1 atom stereocenters. The number of carbonyl (C=O) groups excluding carboxylic acids is 1. The van der Waals surface area contributed by atoms with E-state index in [0.29, 0.717) is 18.5 Å². The molecule has 1 aromatic rings. The maximum atomic E-state index is 12.4. The van der Waals surface area contributed by atoms with Crippen LogP contribution in [0.3, 0.4) is 0 Å². The van der Waals surface area contributed by atoms with Gasteiger partial charge in [0.05, 0.1) is 12.6 Å². The fraction of sp³-hybridized carbons (Fsp3) is 0.417. The molecule has 17 heavy (non-hydrogen) atoms. The highest BCUT2D eigenvalue weighted by atomic mass is 19.3. The lowest BCUT2D eigenvalue weighted by atomic mass is 10.2. The minimum Gasteiger partial charge on any atom is -0.394 e. The summed E-state index contributed by atoms with van der Waals surface area (Å²) in [7, 11) is 0. The predicted octanol–water partition coefficient (Wildman–Crippen LogP) is 2.11. The number of aliphatic hydroxyl groups is 1. The third-order valence-corrected chi connectivity index (χ3v) is 2.96. The molecule has 1 aliphatic heterocycles. The Hall–Kier alpha value is -1.49. The van der Waals surface area contributed by atoms with Crippen LogP contribution in [-0.2, 0) is 4.79 Å². The van der Waals surface area contributed by atoms with Gasteiger partial charge in [-0.2, -0.15) is 0 Å². The Morgan fingerprint density at radius 1 is 1.35 bits per heavy atom. The highest BCUT2D eigenvalue weighted by Gasteiger charge is 2.31. The van der Waals surface area contributed by atoms with Gasteiger partial charge in [-0.15, -0.1) is 0 Å². The molecular formula is C12H13F2NO2. The Kier molecular flexibility index (Phi) is 3.38. The largest absolute Gasteiger partial charge is 0.394 e. The molecule has 1 amide bonds. The van der Waals surface area contributed by atoms with Gasteiger partial charge in [0.1, 0.15) is 0 Å². The summed E-state index contributed by atoms with van der Waals surface area (Å²) in [5.74, 6) is -0.0751. The second kappa shape index (κ2) is 4.79. The van der Waals surface area contributed by atoms with Crippen LogP contribution in [0.2, 0.25) is 0 Å². The Labute approximate surface area is 97.7 Å². The Balaban J connectivity index is 2.24. The number of nitrogens with zero attached hydrogens (tertiary/aromatic N) is 1. The molecule has 3 nitrogen and oxygen atoms in total. The highest BCUT2D eigenvalue weighted by Crippen LogP contribution is 2.28. The molecule has 0 bridgehead atoms. The van der Waals surface area contributed by atoms with Gasteiger partial charge in [0.25, 0.3) is 6.43 Å². The molecule has 0 aliphatic carbocycles. The first kappa shape index (κ1) is 12.0. The van der Waals surface area contributed by atoms with Crippen molar-refractivity contribution in [1.82, 2.24) is 0 Å². The first-order valence-corrected chi connectivity index (χ1v) is 5.44. The standard InChI is InChI=1S/C12H13F2NO2/c13-12(14)8-1-3-9(4-2-8)15-10(7-16)5-6-11(15)17/h1-4,10,12,16H,5-7H2/t10-/m0/s1. The van der Waals surface area contributed by atoms with E-state index in [1.54, 1.807) is 0 Å². The van der Waals surface area contributed by atoms with Gasteiger partial charge in [0.15, 0.2) is 0 Å². The second-order valence-electron chi connectivity index (χ2n) is 4.03. The van der Waals surface area contributed by atoms with Crippen LogP contribution >= 0.6 is 0 Å². The van der Waals surface area contributed by atoms with Crippen molar-refractivity contribution in [3.8, 4) is 0 Å². The zero-order valence-corrected chi connectivity index (χ0v) is 9.14. The van der Waals surface area contributed by atoms with Crippen LogP contribution in [0.5, 0.6) is 0 Å². The molecule has 2 rings (SSSR count). The number of aliphatic hydroxyl groups excluding tert-OH is 1. The van der Waals surface area contributed by atoms with Crippen molar-refractivity contribution in [1.29, 1.82) is 0 Å². The molecule has 1 aromatic carbocycles. The molecule has 1 saturated heterocycles. The first-order chi connectivity index (χ1) is 8.13. The molecule has 0 unspecified atom stereocenters. The number of hydrogen-bond acceptors (Lipinski definition) is 2. The Bertz CT molecular complexity index is 405. The van der Waals surface area contributed by atoms with Gasteiger partial charge in [-0.3, -0.25) is 4.79 Å². The van der Waals surface area contributed by atoms with Crippen LogP contribution in [0.25, 0.3) is 0 Å². The SMILES string of the molecule is O=C1CC[C@@H](CO)N1c1ccc(C(F)F)cc1. The summed E-state index contributed by atoms with van der Waals surface area (Å²) in [6.07, 6.45) is -1.51. The lowest BCUT2D eigenvalue weighted by molar-refractivity contribution is -0.117. The van der Waals surface area contributed by atoms with Crippen molar-refractivity contribution in [2.75, 3.05) is 11.5 Å². The Morgan fingerprint density at radius 3 is 2.53 bits per heavy atom. The number of benzene rings is 1. The number of rotatable bonds is 3. The minimum atomic E-state index is -2.51. The number of amides is 1. The van der Waals surface area contributed by atoms with Crippen molar-refractivity contribution in [2.24, 2.45) is 0 Å². The summed E-state index contributed by atoms with van der Waals surface area (Å²) in [5, 5.41) is 9.14. The van der Waals surface area contributed by atoms with Gasteiger partial charge in [-0.05, 0) is 18.6 Å². The number of anilines is 1. The predicted molar refractivity (Wildman–Crippen MR) is 59.0 cm³/mol. The van der Waals surface area contributed by atoms with Crippen LogP contribution < -0.4 is 4.90 Å². The summed E-state index contributed by atoms with van der Waals surface area (Å²) < 4.78 is 24.7. The number of alkyl halides is 2. The van der Waals surface area contributed by atoms with Gasteiger partial charge < -0.3 is 10.0 Å². The van der Waals surface area contributed by atoms with Gasteiger partial charge in [-0.1, -0.05) is 12.1 Å². The van der Waals surface area contributed by atoms with E-state index in [1.807, 2.05) is 0 Å². The zero-order valence-electron chi connectivity index (χ0n) is 9.14. The fourth-order valence-corrected chi connectivity index (χ4v) is 2.05. The minimum absolute atomic E-state index is 0.0686. The van der Waals surface area contributed by atoms with Gasteiger partial charge in [-0.25, -0.2) is 8.78 Å². The van der Waals surface area contributed by atoms with E-state index >= 15 is 0 Å². The van der Waals surface area contributed by atoms with Gasteiger partial charge in [0, 0.05) is 17.7 Å². The van der Waals surface area contributed by atoms with E-state index in [1.165, 1.54) is 29.2 Å². The third-order valence-electron chi connectivity index (χ3n) is 2.96. The summed E-state index contributed by atoms with van der Waals surface area (Å²) in [5.41, 5.74) is 0.497. The lowest BCUT2D eigenvalue weighted by Crippen LogP contribution is -2.35. The van der Waals surface area contributed by atoms with Crippen LogP contribution in [0, 0.1) is 0 Å². The summed E-state index contributed by atoms with van der Waals surface area (Å²) in [6.45, 7) is -0.109. The van der Waals surface area contributed by atoms with E-state index in [0.717, 1.165) is 0 Å². The van der Waals surface area contributed by atoms with E-state index in [9.17, 15) is 13.6 Å². The van der Waals surface area contributed by atoms with Crippen LogP contribution in [0.15, 0.2) is 24.3 Å². The molecule has 92 valence electrons. The number of halogens is 2. The normalized spacial score (nSPS) is 20.4. The van der Waals surface area contributed by atoms with Crippen LogP contribution in [-0.4, -0.2) is 23.7 Å². The number of carbonyl (C=O) groups is 1. The molecule has 5 heteroatoms. The molecule has 1 fully saturated rings. The molecule has 1 aliphatic rings. The van der Waals surface area contributed by atoms with E-state index in [-0.39, 0.29) is 24.1 Å². The average molecular weight is 241 g/mol. The molecule has 0 aromatic heterocycles. The van der Waals surface area contributed by atoms with Gasteiger partial charge in [0.2, 0.25) is 5.91 Å². The summed E-state index contributed by atoms with van der Waals surface area (Å²) in [6, 6.07) is 5.36. The Morgan fingerprint density at radius 2 is 2.00 bits per heavy atom. The average Bonchev–Trinajstić information content (AvgIpc) is 2.70. The lowest BCUT2D eigenvalue weighted by Gasteiger charge is -2.23. The summed E-state index contributed by atoms with van der Waals surface area (Å²) in [4.78, 5) is 13.1. The zero-order chi connectivity index (χ0) is 12.4. The van der Waals surface area contributed by atoms with E-state index in [2.05, 4.69) is 0 Å². The number of hydrogen-bond donors (Lipinski definition) is 1. The van der Waals surface area contributed by atoms with Crippen molar-refractivity contribution < 1.29 is 18.7 Å². The van der Waals surface area contributed by atoms with Gasteiger partial charge >= 0.3 is 0 Å². The van der Waals surface area contributed by atoms with Crippen molar-refractivity contribution >= 4 is 11.6 Å². The summed E-state index contributed by atoms with van der Waals surface area (Å²) >= 11 is 0. The fourth-order valence-electron chi connectivity index (χ4n) is 2.05. The smallest absolute Gasteiger partial charge is 0.263 e. The maximum Gasteiger partial charge on any atom is 0.263 e. The molecule has 0 saturated carbocycles. The van der Waals surface area contributed by atoms with Crippen molar-refractivity contribution in [3.05, 3.63) is 29.8 Å². The van der Waals surface area contributed by atoms with E-state index < -0.39 is 6.43 Å². The molecule has 0 radical (unpaired) electrons. The van der Waals surface area contributed by atoms with Crippen molar-refractivity contribution in [3.63, 3.8) is 0 Å². The monoisotopic (exact) mass is 241 g/mol. The molecule has 1 heterocycles. The molecule has 0 spiro atoms. The quantitative estimate of drug-likeness (QED) is 0.880. The van der Waals surface area contributed by atoms with E-state index in [4.69, 9.17) is 5.11 Å².